The highest BCUT2D eigenvalue weighted by molar-refractivity contribution is 6.00. The highest BCUT2D eigenvalue weighted by atomic mass is 16.6. The zero-order chi connectivity index (χ0) is 26.1. The Hall–Kier alpha value is -4.27. The first-order valence-corrected chi connectivity index (χ1v) is 11.7. The lowest BCUT2D eigenvalue weighted by atomic mass is 10.0. The molecule has 0 bridgehead atoms. The van der Waals surface area contributed by atoms with Gasteiger partial charge in [-0.3, -0.25) is 14.6 Å². The molecule has 0 saturated carbocycles. The van der Waals surface area contributed by atoms with Crippen LogP contribution in [0.25, 0.3) is 11.3 Å². The predicted molar refractivity (Wildman–Crippen MR) is 136 cm³/mol. The molecule has 0 aliphatic rings. The largest absolute Gasteiger partial charge is 0.442 e. The number of nitrogens with two attached hydrogens (primary N) is 1. The Bertz CT molecular complexity index is 1200. The summed E-state index contributed by atoms with van der Waals surface area (Å²) in [6.07, 6.45) is 2.30. The molecule has 0 spiro atoms. The number of amides is 3. The minimum Gasteiger partial charge on any atom is -0.442 e. The van der Waals surface area contributed by atoms with Crippen LogP contribution < -0.4 is 16.4 Å². The first-order chi connectivity index (χ1) is 17.3. The maximum atomic E-state index is 13.1. The molecule has 2 aromatic carbocycles. The Morgan fingerprint density at radius 1 is 0.944 bits per heavy atom. The fourth-order valence-electron chi connectivity index (χ4n) is 3.71. The first-order valence-electron chi connectivity index (χ1n) is 11.7. The van der Waals surface area contributed by atoms with Gasteiger partial charge in [-0.15, -0.1) is 0 Å². The molecule has 1 aromatic heterocycles. The molecule has 188 valence electrons. The van der Waals surface area contributed by atoms with Crippen molar-refractivity contribution in [3.05, 3.63) is 83.8 Å². The van der Waals surface area contributed by atoms with Crippen molar-refractivity contribution in [1.29, 1.82) is 0 Å². The molecular formula is C27H31N5O4. The average molecular weight is 490 g/mol. The van der Waals surface area contributed by atoms with Gasteiger partial charge in [0.2, 0.25) is 5.91 Å². The summed E-state index contributed by atoms with van der Waals surface area (Å²) >= 11 is 0. The number of aromatic nitrogens is 2. The van der Waals surface area contributed by atoms with Crippen molar-refractivity contribution in [1.82, 2.24) is 20.6 Å². The van der Waals surface area contributed by atoms with Gasteiger partial charge in [0.05, 0.1) is 0 Å². The summed E-state index contributed by atoms with van der Waals surface area (Å²) in [5.74, 6) is -1.02. The third-order valence-electron chi connectivity index (χ3n) is 5.52. The molecule has 0 fully saturated rings. The van der Waals surface area contributed by atoms with Crippen molar-refractivity contribution >= 4 is 17.9 Å². The van der Waals surface area contributed by atoms with E-state index in [-0.39, 0.29) is 18.2 Å². The maximum absolute atomic E-state index is 13.1. The predicted octanol–water partition coefficient (Wildman–Crippen LogP) is 3.76. The van der Waals surface area contributed by atoms with Gasteiger partial charge in [-0.05, 0) is 30.4 Å². The van der Waals surface area contributed by atoms with Crippen LogP contribution >= 0.6 is 0 Å². The number of hydrogen-bond acceptors (Lipinski definition) is 6. The number of carbonyl (C=O) groups excluding carboxylic acids is 3. The minimum absolute atomic E-state index is 0.0558. The van der Waals surface area contributed by atoms with Crippen LogP contribution in [0.1, 0.15) is 54.9 Å². The quantitative estimate of drug-likeness (QED) is 0.397. The second-order valence-electron chi connectivity index (χ2n) is 8.78. The molecular weight excluding hydrogens is 458 g/mol. The van der Waals surface area contributed by atoms with Crippen molar-refractivity contribution in [2.24, 2.45) is 11.7 Å². The molecule has 3 aromatic rings. The van der Waals surface area contributed by atoms with Gasteiger partial charge >= 0.3 is 6.09 Å². The molecule has 4 N–H and O–H groups in total. The molecule has 0 radical (unpaired) electrons. The second kappa shape index (κ2) is 12.4. The van der Waals surface area contributed by atoms with Crippen molar-refractivity contribution < 1.29 is 19.1 Å². The number of rotatable bonds is 10. The lowest BCUT2D eigenvalue weighted by molar-refractivity contribution is -0.120. The van der Waals surface area contributed by atoms with Gasteiger partial charge in [-0.25, -0.2) is 9.78 Å². The van der Waals surface area contributed by atoms with Gasteiger partial charge in [0, 0.05) is 24.5 Å². The summed E-state index contributed by atoms with van der Waals surface area (Å²) in [5, 5.41) is 5.43. The Kier molecular flexibility index (Phi) is 9.10. The molecule has 36 heavy (non-hydrogen) atoms. The molecule has 0 unspecified atom stereocenters. The smallest absolute Gasteiger partial charge is 0.408 e. The standard InChI is InChI=1S/C27H31N5O4/c1-17(2)15-22(25(28)33)32-26(34)24-23(29-13-14-30-24)21-12-8-7-11-20(21)16-31-27(35)36-18(3)19-9-5-4-6-10-19/h4-14,17-18,22H,15-16H2,1-3H3,(H2,28,33)(H,31,35)(H,32,34)/t18-,22-/m0/s1. The van der Waals surface area contributed by atoms with Gasteiger partial charge in [-0.1, -0.05) is 68.4 Å². The number of hydrogen-bond donors (Lipinski definition) is 3. The topological polar surface area (TPSA) is 136 Å². The fraction of sp³-hybridized carbons (Fsp3) is 0.296. The van der Waals surface area contributed by atoms with Crippen LogP contribution in [-0.2, 0) is 16.1 Å². The SMILES string of the molecule is CC(C)C[C@H](NC(=O)c1nccnc1-c1ccccc1CNC(=O)O[C@@H](C)c1ccccc1)C(N)=O. The second-order valence-corrected chi connectivity index (χ2v) is 8.78. The minimum atomic E-state index is -0.828. The van der Waals surface area contributed by atoms with Crippen LogP contribution in [0.2, 0.25) is 0 Å². The van der Waals surface area contributed by atoms with E-state index in [9.17, 15) is 14.4 Å². The highest BCUT2D eigenvalue weighted by Crippen LogP contribution is 2.24. The molecule has 9 nitrogen and oxygen atoms in total. The Morgan fingerprint density at radius 2 is 1.61 bits per heavy atom. The van der Waals surface area contributed by atoms with Crippen molar-refractivity contribution in [3.63, 3.8) is 0 Å². The number of benzene rings is 2. The zero-order valence-corrected chi connectivity index (χ0v) is 20.6. The molecule has 0 saturated heterocycles. The van der Waals surface area contributed by atoms with Crippen LogP contribution in [0.3, 0.4) is 0 Å². The van der Waals surface area contributed by atoms with E-state index in [0.29, 0.717) is 23.2 Å². The number of primary amides is 1. The van der Waals surface area contributed by atoms with E-state index in [1.807, 2.05) is 56.3 Å². The summed E-state index contributed by atoms with van der Waals surface area (Å²) in [6, 6.07) is 15.8. The van der Waals surface area contributed by atoms with Crippen molar-refractivity contribution in [3.8, 4) is 11.3 Å². The van der Waals surface area contributed by atoms with Crippen LogP contribution in [0, 0.1) is 5.92 Å². The van der Waals surface area contributed by atoms with Gasteiger partial charge in [0.15, 0.2) is 5.69 Å². The van der Waals surface area contributed by atoms with Gasteiger partial charge < -0.3 is 21.1 Å². The number of nitrogens with zero attached hydrogens (tertiary/aromatic N) is 2. The average Bonchev–Trinajstić information content (AvgIpc) is 2.87. The summed E-state index contributed by atoms with van der Waals surface area (Å²) < 4.78 is 5.48. The van der Waals surface area contributed by atoms with Crippen molar-refractivity contribution in [2.45, 2.75) is 45.9 Å². The van der Waals surface area contributed by atoms with E-state index in [1.165, 1.54) is 12.4 Å². The van der Waals surface area contributed by atoms with E-state index >= 15 is 0 Å². The van der Waals surface area contributed by atoms with Crippen LogP contribution in [-0.4, -0.2) is 33.9 Å². The van der Waals surface area contributed by atoms with Crippen LogP contribution in [0.4, 0.5) is 4.79 Å². The number of nitrogens with one attached hydrogen (secondary N) is 2. The third-order valence-corrected chi connectivity index (χ3v) is 5.52. The molecule has 3 rings (SSSR count). The van der Waals surface area contributed by atoms with Gasteiger partial charge in [0.1, 0.15) is 17.8 Å². The van der Waals surface area contributed by atoms with E-state index in [4.69, 9.17) is 10.5 Å². The van der Waals surface area contributed by atoms with Gasteiger partial charge in [-0.2, -0.15) is 0 Å². The lowest BCUT2D eigenvalue weighted by Crippen LogP contribution is -2.45. The Morgan fingerprint density at radius 3 is 2.31 bits per heavy atom. The maximum Gasteiger partial charge on any atom is 0.408 e. The van der Waals surface area contributed by atoms with E-state index in [0.717, 1.165) is 5.56 Å². The Labute approximate surface area is 210 Å². The summed E-state index contributed by atoms with van der Waals surface area (Å²) in [4.78, 5) is 45.9. The number of ether oxygens (including phenoxy) is 1. The Balaban J connectivity index is 1.76. The van der Waals surface area contributed by atoms with E-state index < -0.39 is 30.1 Å². The van der Waals surface area contributed by atoms with Crippen LogP contribution in [0.15, 0.2) is 67.0 Å². The molecule has 9 heteroatoms. The monoisotopic (exact) mass is 489 g/mol. The van der Waals surface area contributed by atoms with Gasteiger partial charge in [0.25, 0.3) is 5.91 Å². The third kappa shape index (κ3) is 7.11. The highest BCUT2D eigenvalue weighted by Gasteiger charge is 2.24. The molecule has 3 amide bonds. The number of carbonyl (C=O) groups is 3. The van der Waals surface area contributed by atoms with Crippen molar-refractivity contribution in [2.75, 3.05) is 0 Å². The molecule has 0 aliphatic carbocycles. The van der Waals surface area contributed by atoms with E-state index in [1.54, 1.807) is 19.1 Å². The fourth-order valence-corrected chi connectivity index (χ4v) is 3.71. The molecule has 1 heterocycles. The zero-order valence-electron chi connectivity index (χ0n) is 20.6. The molecule has 0 aliphatic heterocycles. The summed E-state index contributed by atoms with van der Waals surface area (Å²) in [5.41, 5.74) is 8.08. The van der Waals surface area contributed by atoms with Crippen LogP contribution in [0.5, 0.6) is 0 Å². The van der Waals surface area contributed by atoms with E-state index in [2.05, 4.69) is 20.6 Å². The summed E-state index contributed by atoms with van der Waals surface area (Å²) in [7, 11) is 0. The summed E-state index contributed by atoms with van der Waals surface area (Å²) in [6.45, 7) is 5.81. The number of alkyl carbamates (subject to hydrolysis) is 1. The first kappa shape index (κ1) is 26.3. The normalized spacial score (nSPS) is 12.4. The lowest BCUT2D eigenvalue weighted by Gasteiger charge is -2.18. The molecule has 2 atom stereocenters.